The van der Waals surface area contributed by atoms with E-state index in [9.17, 15) is 4.79 Å². The Morgan fingerprint density at radius 3 is 2.64 bits per heavy atom. The Labute approximate surface area is 196 Å². The number of ether oxygens (including phenoxy) is 2. The molecule has 8 nitrogen and oxygen atoms in total. The molecule has 2 saturated carbocycles. The maximum Gasteiger partial charge on any atom is 0.251 e. The number of nitrogens with one attached hydrogen (secondary N) is 1. The van der Waals surface area contributed by atoms with Gasteiger partial charge in [0.2, 0.25) is 5.91 Å². The third kappa shape index (κ3) is 4.17. The van der Waals surface area contributed by atoms with Crippen LogP contribution < -0.4 is 14.8 Å². The predicted octanol–water partition coefficient (Wildman–Crippen LogP) is 4.84. The number of hydrogen-bond acceptors (Lipinski definition) is 7. The van der Waals surface area contributed by atoms with Crippen LogP contribution in [0.25, 0.3) is 11.4 Å². The Morgan fingerprint density at radius 1 is 1.06 bits per heavy atom. The summed E-state index contributed by atoms with van der Waals surface area (Å²) in [5, 5.41) is 12.5. The molecule has 6 rings (SSSR count). The highest BCUT2D eigenvalue weighted by molar-refractivity contribution is 7.99. The predicted molar refractivity (Wildman–Crippen MR) is 124 cm³/mol. The number of anilines is 1. The van der Waals surface area contributed by atoms with Crippen LogP contribution in [0, 0.1) is 0 Å². The Balaban J connectivity index is 1.11. The zero-order valence-corrected chi connectivity index (χ0v) is 19.0. The van der Waals surface area contributed by atoms with Crippen molar-refractivity contribution in [1.29, 1.82) is 0 Å². The third-order valence-corrected chi connectivity index (χ3v) is 7.23. The Hall–Kier alpha value is -3.07. The summed E-state index contributed by atoms with van der Waals surface area (Å²) in [4.78, 5) is 16.8. The molecule has 33 heavy (non-hydrogen) atoms. The zero-order valence-electron chi connectivity index (χ0n) is 18.2. The van der Waals surface area contributed by atoms with Gasteiger partial charge in [-0.1, -0.05) is 18.2 Å². The van der Waals surface area contributed by atoms with E-state index in [1.165, 1.54) is 18.2 Å². The molecule has 0 saturated heterocycles. The summed E-state index contributed by atoms with van der Waals surface area (Å²) in [5.41, 5.74) is 1.69. The van der Waals surface area contributed by atoms with Gasteiger partial charge in [-0.05, 0) is 49.9 Å². The fraction of sp³-hybridized carbons (Fsp3) is 0.417. The van der Waals surface area contributed by atoms with E-state index in [0.717, 1.165) is 60.8 Å². The molecule has 2 fully saturated rings. The fourth-order valence-corrected chi connectivity index (χ4v) is 5.33. The molecule has 2 aromatic heterocycles. The van der Waals surface area contributed by atoms with Gasteiger partial charge in [-0.2, -0.15) is 0 Å². The Bertz CT molecular complexity index is 1170. The standard InChI is InChI=1S/C24H25N5O3S/c30-21(26-17-4-7-19-20(14-17)32-24(31-19)10-2-1-3-11-24)15-33-23-28-27-22(29(23)18-5-6-18)16-8-12-25-13-9-16/h4,7-9,12-14,18H,1-3,5-6,10-11,15H2,(H,26,30). The van der Waals surface area contributed by atoms with Gasteiger partial charge < -0.3 is 14.8 Å². The lowest BCUT2D eigenvalue weighted by molar-refractivity contribution is -0.113. The van der Waals surface area contributed by atoms with Crippen molar-refractivity contribution < 1.29 is 14.3 Å². The largest absolute Gasteiger partial charge is 0.448 e. The van der Waals surface area contributed by atoms with Gasteiger partial charge in [-0.15, -0.1) is 10.2 Å². The van der Waals surface area contributed by atoms with E-state index in [0.29, 0.717) is 17.5 Å². The lowest BCUT2D eigenvalue weighted by atomic mass is 9.94. The van der Waals surface area contributed by atoms with Crippen LogP contribution >= 0.6 is 11.8 Å². The second-order valence-electron chi connectivity index (χ2n) is 8.82. The van der Waals surface area contributed by atoms with Gasteiger partial charge in [0.05, 0.1) is 5.75 Å². The highest BCUT2D eigenvalue weighted by atomic mass is 32.2. The summed E-state index contributed by atoms with van der Waals surface area (Å²) in [6.07, 6.45) is 11.0. The Kier molecular flexibility index (Phi) is 5.21. The average molecular weight is 464 g/mol. The van der Waals surface area contributed by atoms with Gasteiger partial charge in [-0.3, -0.25) is 14.3 Å². The monoisotopic (exact) mass is 463 g/mol. The molecule has 1 spiro atoms. The molecular weight excluding hydrogens is 438 g/mol. The van der Waals surface area contributed by atoms with Gasteiger partial charge in [0, 0.05) is 48.6 Å². The van der Waals surface area contributed by atoms with Crippen LogP contribution in [0.4, 0.5) is 5.69 Å². The highest BCUT2D eigenvalue weighted by Gasteiger charge is 2.42. The van der Waals surface area contributed by atoms with Crippen molar-refractivity contribution in [3.63, 3.8) is 0 Å². The first-order chi connectivity index (χ1) is 16.2. The number of carbonyl (C=O) groups is 1. The van der Waals surface area contributed by atoms with Crippen molar-refractivity contribution in [2.75, 3.05) is 11.1 Å². The number of amides is 1. The van der Waals surface area contributed by atoms with Crippen molar-refractivity contribution in [2.45, 2.75) is 61.9 Å². The molecule has 0 unspecified atom stereocenters. The van der Waals surface area contributed by atoms with Gasteiger partial charge in [-0.25, -0.2) is 0 Å². The summed E-state index contributed by atoms with van der Waals surface area (Å²) >= 11 is 1.41. The molecule has 0 radical (unpaired) electrons. The van der Waals surface area contributed by atoms with Crippen molar-refractivity contribution in [1.82, 2.24) is 19.7 Å². The maximum atomic E-state index is 12.7. The van der Waals surface area contributed by atoms with Crippen LogP contribution in [-0.2, 0) is 4.79 Å². The molecule has 170 valence electrons. The van der Waals surface area contributed by atoms with Crippen molar-refractivity contribution in [3.8, 4) is 22.9 Å². The van der Waals surface area contributed by atoms with Gasteiger partial charge in [0.25, 0.3) is 5.79 Å². The number of fused-ring (bicyclic) bond motifs is 1. The molecule has 1 aliphatic heterocycles. The van der Waals surface area contributed by atoms with Gasteiger partial charge >= 0.3 is 0 Å². The Morgan fingerprint density at radius 2 is 1.85 bits per heavy atom. The molecule has 0 atom stereocenters. The first-order valence-electron chi connectivity index (χ1n) is 11.5. The zero-order chi connectivity index (χ0) is 22.3. The van der Waals surface area contributed by atoms with Crippen LogP contribution in [0.2, 0.25) is 0 Å². The summed E-state index contributed by atoms with van der Waals surface area (Å²) in [6.45, 7) is 0. The molecular formula is C24H25N5O3S. The minimum absolute atomic E-state index is 0.0953. The molecule has 1 amide bonds. The number of carbonyl (C=O) groups excluding carboxylic acids is 1. The smallest absolute Gasteiger partial charge is 0.251 e. The lowest BCUT2D eigenvalue weighted by Gasteiger charge is -2.31. The van der Waals surface area contributed by atoms with E-state index in [-0.39, 0.29) is 11.7 Å². The summed E-state index contributed by atoms with van der Waals surface area (Å²) < 4.78 is 14.4. The number of rotatable bonds is 6. The maximum absolute atomic E-state index is 12.7. The number of nitrogens with zero attached hydrogens (tertiary/aromatic N) is 4. The van der Waals surface area contributed by atoms with Crippen LogP contribution in [0.1, 0.15) is 51.0 Å². The third-order valence-electron chi connectivity index (χ3n) is 6.28. The van der Waals surface area contributed by atoms with Crippen molar-refractivity contribution in [2.24, 2.45) is 0 Å². The average Bonchev–Trinajstić information content (AvgIpc) is 3.49. The number of benzene rings is 1. The van der Waals surface area contributed by atoms with Gasteiger partial charge in [0.15, 0.2) is 22.5 Å². The van der Waals surface area contributed by atoms with E-state index in [1.54, 1.807) is 12.4 Å². The van der Waals surface area contributed by atoms with E-state index in [2.05, 4.69) is 25.1 Å². The molecule has 1 aromatic carbocycles. The summed E-state index contributed by atoms with van der Waals surface area (Å²) in [7, 11) is 0. The molecule has 0 bridgehead atoms. The molecule has 1 N–H and O–H groups in total. The molecule has 9 heteroatoms. The van der Waals surface area contributed by atoms with Crippen molar-refractivity contribution in [3.05, 3.63) is 42.7 Å². The molecule has 2 aliphatic carbocycles. The molecule has 3 aliphatic rings. The van der Waals surface area contributed by atoms with Crippen LogP contribution in [-0.4, -0.2) is 37.2 Å². The molecule has 3 aromatic rings. The molecule has 3 heterocycles. The first-order valence-corrected chi connectivity index (χ1v) is 12.5. The van der Waals surface area contributed by atoms with Crippen molar-refractivity contribution >= 4 is 23.4 Å². The van der Waals surface area contributed by atoms with Crippen LogP contribution in [0.3, 0.4) is 0 Å². The number of thioether (sulfide) groups is 1. The fourth-order valence-electron chi connectivity index (χ4n) is 4.53. The van der Waals surface area contributed by atoms with E-state index < -0.39 is 5.79 Å². The highest BCUT2D eigenvalue weighted by Crippen LogP contribution is 2.46. The minimum Gasteiger partial charge on any atom is -0.448 e. The van der Waals surface area contributed by atoms with Crippen LogP contribution in [0.15, 0.2) is 47.9 Å². The number of pyridine rings is 1. The lowest BCUT2D eigenvalue weighted by Crippen LogP contribution is -2.40. The topological polar surface area (TPSA) is 91.2 Å². The second-order valence-corrected chi connectivity index (χ2v) is 9.76. The number of aromatic nitrogens is 4. The van der Waals surface area contributed by atoms with E-state index in [1.807, 2.05) is 30.3 Å². The van der Waals surface area contributed by atoms with E-state index >= 15 is 0 Å². The first kappa shape index (κ1) is 20.5. The second kappa shape index (κ2) is 8.37. The minimum atomic E-state index is -0.515. The number of hydrogen-bond donors (Lipinski definition) is 1. The quantitative estimate of drug-likeness (QED) is 0.523. The summed E-state index contributed by atoms with van der Waals surface area (Å²) in [5.74, 6) is 1.93. The SMILES string of the molecule is O=C(CSc1nnc(-c2ccncc2)n1C1CC1)Nc1ccc2c(c1)OC1(CCCCC1)O2. The van der Waals surface area contributed by atoms with Gasteiger partial charge in [0.1, 0.15) is 0 Å². The normalized spacial score (nSPS) is 18.4. The van der Waals surface area contributed by atoms with Crippen LogP contribution in [0.5, 0.6) is 11.5 Å². The summed E-state index contributed by atoms with van der Waals surface area (Å²) in [6, 6.07) is 9.86. The van der Waals surface area contributed by atoms with E-state index in [4.69, 9.17) is 9.47 Å².